The number of alkyl carbamates (subject to hydrolysis) is 1. The van der Waals surface area contributed by atoms with E-state index in [4.69, 9.17) is 28.4 Å². The Bertz CT molecular complexity index is 2100. The Kier molecular flexibility index (Phi) is 12.1. The van der Waals surface area contributed by atoms with Gasteiger partial charge in [-0.2, -0.15) is 0 Å². The summed E-state index contributed by atoms with van der Waals surface area (Å²) in [4.78, 5) is 82.9. The van der Waals surface area contributed by atoms with Gasteiger partial charge in [-0.1, -0.05) is 62.4 Å². The van der Waals surface area contributed by atoms with Crippen LogP contribution in [0, 0.1) is 16.7 Å². The number of esters is 4. The largest absolute Gasteiger partial charge is 0.456 e. The number of carbonyl (C=O) groups is 6. The molecule has 61 heavy (non-hydrogen) atoms. The van der Waals surface area contributed by atoms with E-state index in [-0.39, 0.29) is 29.7 Å². The number of aliphatic hydroxyl groups excluding tert-OH is 2. The highest BCUT2D eigenvalue weighted by Crippen LogP contribution is 2.64. The number of hydrogen-bond acceptors (Lipinski definition) is 15. The van der Waals surface area contributed by atoms with Crippen molar-refractivity contribution in [2.24, 2.45) is 16.7 Å². The van der Waals surface area contributed by atoms with Crippen LogP contribution in [0.3, 0.4) is 0 Å². The van der Waals surface area contributed by atoms with Gasteiger partial charge in [0, 0.05) is 32.1 Å². The topological polar surface area (TPSA) is 231 Å². The van der Waals surface area contributed by atoms with Crippen LogP contribution in [-0.2, 0) is 47.6 Å². The monoisotopic (exact) mass is 849 g/mol. The van der Waals surface area contributed by atoms with Gasteiger partial charge in [0.25, 0.3) is 0 Å². The Hall–Kier alpha value is -5.16. The van der Waals surface area contributed by atoms with Crippen molar-refractivity contribution in [2.75, 3.05) is 6.61 Å². The minimum Gasteiger partial charge on any atom is -0.456 e. The lowest BCUT2D eigenvalue weighted by Gasteiger charge is -2.67. The third kappa shape index (κ3) is 7.94. The van der Waals surface area contributed by atoms with Crippen molar-refractivity contribution in [2.45, 2.75) is 135 Å². The van der Waals surface area contributed by atoms with Crippen LogP contribution in [0.15, 0.2) is 71.8 Å². The number of hydrogen-bond donors (Lipinski definition) is 4. The second-order valence-corrected chi connectivity index (χ2v) is 18.2. The first-order valence-electron chi connectivity index (χ1n) is 20.2. The Morgan fingerprint density at radius 2 is 1.51 bits per heavy atom. The third-order valence-corrected chi connectivity index (χ3v) is 12.8. The quantitative estimate of drug-likeness (QED) is 0.160. The highest BCUT2D eigenvalue weighted by atomic mass is 16.6. The summed E-state index contributed by atoms with van der Waals surface area (Å²) in [6.45, 7) is 12.9. The molecule has 1 heterocycles. The first-order valence-corrected chi connectivity index (χ1v) is 20.2. The normalized spacial score (nSPS) is 32.5. The first-order chi connectivity index (χ1) is 28.4. The van der Waals surface area contributed by atoms with E-state index in [1.54, 1.807) is 83.1 Å². The van der Waals surface area contributed by atoms with E-state index in [0.29, 0.717) is 5.56 Å². The molecule has 4 N–H and O–H groups in total. The van der Waals surface area contributed by atoms with Crippen molar-refractivity contribution in [3.05, 3.63) is 82.9 Å². The molecule has 0 aromatic heterocycles. The van der Waals surface area contributed by atoms with E-state index in [1.165, 1.54) is 26.0 Å². The van der Waals surface area contributed by atoms with Crippen molar-refractivity contribution < 1.29 is 72.5 Å². The van der Waals surface area contributed by atoms with Gasteiger partial charge in [0.05, 0.1) is 35.6 Å². The fraction of sp³-hybridized carbons (Fsp3) is 0.556. The van der Waals surface area contributed by atoms with Crippen molar-refractivity contribution in [3.63, 3.8) is 0 Å². The molecule has 2 aromatic rings. The average Bonchev–Trinajstić information content (AvgIpc) is 3.17. The molecule has 3 aliphatic carbocycles. The average molecular weight is 850 g/mol. The van der Waals surface area contributed by atoms with E-state index in [0.717, 1.165) is 13.8 Å². The zero-order valence-corrected chi connectivity index (χ0v) is 35.8. The molecule has 1 saturated heterocycles. The lowest BCUT2D eigenvalue weighted by molar-refractivity contribution is -0.346. The first kappa shape index (κ1) is 45.4. The standard InChI is InChI=1S/C45H55NO15/c1-23-28(58-39(53)33(50)32(26-16-12-10-13-17-26)46-40(54)61-41(4,5)6)21-45(55)37(59-38(52)27-18-14-11-15-19-27)35-43(9,29(49)20-30-44(35,22-56-30)60-25(3)48)36(51)34(57-24(2)47)31(23)42(45,7)8/h10-19,28-30,32-35,37,49-50,55H,20-22H2,1-9H3,(H,46,54)/t28-,29+,30-,32+,33+,34-,35+,37-,43-,44-,45-/m1/s1. The van der Waals surface area contributed by atoms with Crippen molar-refractivity contribution in [3.8, 4) is 0 Å². The van der Waals surface area contributed by atoms with Gasteiger partial charge in [-0.3, -0.25) is 14.4 Å². The summed E-state index contributed by atoms with van der Waals surface area (Å²) in [5.41, 5.74) is -8.30. The van der Waals surface area contributed by atoms with Crippen LogP contribution in [0.5, 0.6) is 0 Å². The predicted molar refractivity (Wildman–Crippen MR) is 213 cm³/mol. The van der Waals surface area contributed by atoms with Gasteiger partial charge in [0.1, 0.15) is 29.5 Å². The van der Waals surface area contributed by atoms with Crippen LogP contribution in [0.4, 0.5) is 4.79 Å². The van der Waals surface area contributed by atoms with Crippen LogP contribution < -0.4 is 5.32 Å². The number of fused-ring (bicyclic) bond motifs is 5. The SMILES string of the molecule is CC(=O)O[C@H]1C(=O)[C@@]2(C)[C@H]([C@@H](OC(=O)c3ccccc3)[C@]3(O)C[C@@H](OC(=O)[C@@H](O)[C@@H](NC(=O)OC(C)(C)C)c4ccccc4)C(C)=C1C3(C)C)[C@@]1(OC(C)=O)CO[C@@H]1C[C@@H]2O. The van der Waals surface area contributed by atoms with Gasteiger partial charge in [-0.15, -0.1) is 0 Å². The zero-order chi connectivity index (χ0) is 45.0. The molecule has 1 amide bonds. The molecule has 2 saturated carbocycles. The molecule has 11 atom stereocenters. The molecule has 330 valence electrons. The summed E-state index contributed by atoms with van der Waals surface area (Å²) in [7, 11) is 0. The number of carbonyl (C=O) groups excluding carboxylic acids is 6. The van der Waals surface area contributed by atoms with Crippen LogP contribution in [0.2, 0.25) is 0 Å². The van der Waals surface area contributed by atoms with Crippen LogP contribution in [0.1, 0.15) is 97.1 Å². The molecule has 0 radical (unpaired) electrons. The van der Waals surface area contributed by atoms with Crippen molar-refractivity contribution in [1.82, 2.24) is 5.32 Å². The maximum Gasteiger partial charge on any atom is 0.408 e. The summed E-state index contributed by atoms with van der Waals surface area (Å²) < 4.78 is 35.6. The maximum atomic E-state index is 15.5. The smallest absolute Gasteiger partial charge is 0.408 e. The Morgan fingerprint density at radius 1 is 0.902 bits per heavy atom. The molecule has 1 aliphatic heterocycles. The molecule has 16 nitrogen and oxygen atoms in total. The minimum absolute atomic E-state index is 0.0126. The summed E-state index contributed by atoms with van der Waals surface area (Å²) in [6.07, 6.45) is -11.5. The molecule has 3 fully saturated rings. The van der Waals surface area contributed by atoms with E-state index in [9.17, 15) is 39.3 Å². The molecule has 2 bridgehead atoms. The summed E-state index contributed by atoms with van der Waals surface area (Å²) >= 11 is 0. The molecule has 0 unspecified atom stereocenters. The number of amides is 1. The van der Waals surface area contributed by atoms with E-state index < -0.39 is 118 Å². The number of aliphatic hydroxyl groups is 3. The Balaban J connectivity index is 1.54. The number of benzene rings is 2. The lowest BCUT2D eigenvalue weighted by Crippen LogP contribution is -2.82. The molecule has 2 aromatic carbocycles. The second kappa shape index (κ2) is 16.3. The maximum absolute atomic E-state index is 15.5. The minimum atomic E-state index is -2.40. The number of ether oxygens (including phenoxy) is 6. The highest BCUT2D eigenvalue weighted by molar-refractivity contribution is 5.95. The van der Waals surface area contributed by atoms with Crippen molar-refractivity contribution in [1.29, 1.82) is 0 Å². The fourth-order valence-corrected chi connectivity index (χ4v) is 9.80. The number of ketones is 1. The molecule has 6 rings (SSSR count). The molecule has 0 spiro atoms. The highest BCUT2D eigenvalue weighted by Gasteiger charge is 2.78. The predicted octanol–water partition coefficient (Wildman–Crippen LogP) is 3.83. The third-order valence-electron chi connectivity index (χ3n) is 12.8. The Labute approximate surface area is 353 Å². The Morgan fingerprint density at radius 3 is 2.05 bits per heavy atom. The summed E-state index contributed by atoms with van der Waals surface area (Å²) in [5, 5.41) is 39.9. The second-order valence-electron chi connectivity index (χ2n) is 18.2. The van der Waals surface area contributed by atoms with Gasteiger partial charge in [0.2, 0.25) is 0 Å². The number of nitrogens with one attached hydrogen (secondary N) is 1. The van der Waals surface area contributed by atoms with Crippen molar-refractivity contribution >= 4 is 35.8 Å². The van der Waals surface area contributed by atoms with Gasteiger partial charge >= 0.3 is 30.0 Å². The fourth-order valence-electron chi connectivity index (χ4n) is 9.80. The van der Waals surface area contributed by atoms with Gasteiger partial charge < -0.3 is 49.1 Å². The lowest BCUT2D eigenvalue weighted by atomic mass is 9.44. The molecular weight excluding hydrogens is 794 g/mol. The summed E-state index contributed by atoms with van der Waals surface area (Å²) in [6, 6.07) is 14.5. The van der Waals surface area contributed by atoms with E-state index >= 15 is 4.79 Å². The van der Waals surface area contributed by atoms with E-state index in [1.807, 2.05) is 0 Å². The zero-order valence-electron chi connectivity index (χ0n) is 35.8. The number of rotatable bonds is 9. The number of Topliss-reactive ketones (excluding diaryl/α,β-unsaturated/α-hetero) is 1. The van der Waals surface area contributed by atoms with Gasteiger partial charge in [-0.25, -0.2) is 14.4 Å². The molecule has 16 heteroatoms. The van der Waals surface area contributed by atoms with Gasteiger partial charge in [-0.05, 0) is 63.5 Å². The van der Waals surface area contributed by atoms with Gasteiger partial charge in [0.15, 0.2) is 23.6 Å². The van der Waals surface area contributed by atoms with E-state index in [2.05, 4.69) is 5.32 Å². The molecule has 4 aliphatic rings. The van der Waals surface area contributed by atoms with Crippen LogP contribution in [0.25, 0.3) is 0 Å². The van der Waals surface area contributed by atoms with Crippen LogP contribution >= 0.6 is 0 Å². The van der Waals surface area contributed by atoms with Crippen LogP contribution in [-0.4, -0.2) is 111 Å². The molecular formula is C45H55NO15. The summed E-state index contributed by atoms with van der Waals surface area (Å²) in [5.74, 6) is -6.30.